The maximum Gasteiger partial charge on any atom is 0.200 e. The van der Waals surface area contributed by atoms with Crippen molar-refractivity contribution >= 4 is 35.3 Å². The van der Waals surface area contributed by atoms with Crippen LogP contribution in [0.4, 0.5) is 0 Å². The van der Waals surface area contributed by atoms with Crippen molar-refractivity contribution in [3.05, 3.63) is 0 Å². The molecule has 8 heteroatoms. The predicted octanol–water partition coefficient (Wildman–Crippen LogP) is -0.0297. The van der Waals surface area contributed by atoms with Gasteiger partial charge in [-0.2, -0.15) is 0 Å². The first kappa shape index (κ1) is 12.0. The van der Waals surface area contributed by atoms with Crippen LogP contribution in [0.1, 0.15) is 0 Å². The van der Waals surface area contributed by atoms with Crippen LogP contribution in [-0.4, -0.2) is 36.3 Å². The van der Waals surface area contributed by atoms with Gasteiger partial charge in [-0.25, -0.2) is 0 Å². The van der Waals surface area contributed by atoms with Crippen LogP contribution in [0.25, 0.3) is 0 Å². The quantitative estimate of drug-likeness (QED) is 0.371. The summed E-state index contributed by atoms with van der Waals surface area (Å²) in [6, 6.07) is 0. The number of aliphatic hydroxyl groups is 1. The molecule has 1 N–H and O–H groups in total. The molecular formula is C5H11O5PS2. The van der Waals surface area contributed by atoms with E-state index in [1.54, 1.807) is 0 Å². The number of hydrogen-bond acceptors (Lipinski definition) is 7. The molecule has 1 fully saturated rings. The molecule has 1 rings (SSSR count). The van der Waals surface area contributed by atoms with Crippen molar-refractivity contribution in [2.45, 2.75) is 24.6 Å². The minimum Gasteiger partial charge on any atom is -0.388 e. The smallest absolute Gasteiger partial charge is 0.200 e. The number of ether oxygens (including phenoxy) is 1. The molecule has 5 atom stereocenters. The van der Waals surface area contributed by atoms with E-state index in [1.165, 1.54) is 0 Å². The van der Waals surface area contributed by atoms with Crippen LogP contribution in [-0.2, 0) is 17.6 Å². The van der Waals surface area contributed by atoms with Crippen LogP contribution < -0.4 is 0 Å². The van der Waals surface area contributed by atoms with Crippen LogP contribution in [0.2, 0.25) is 0 Å². The van der Waals surface area contributed by atoms with Crippen molar-refractivity contribution in [1.82, 2.24) is 0 Å². The molecule has 0 radical (unpaired) electrons. The third kappa shape index (κ3) is 2.70. The maximum absolute atomic E-state index is 9.43. The van der Waals surface area contributed by atoms with Crippen LogP contribution in [0.5, 0.6) is 0 Å². The van der Waals surface area contributed by atoms with E-state index in [4.69, 9.17) is 13.4 Å². The van der Waals surface area contributed by atoms with E-state index in [-0.39, 0.29) is 6.61 Å². The van der Waals surface area contributed by atoms with Crippen LogP contribution in [0.3, 0.4) is 0 Å². The first-order valence-corrected chi connectivity index (χ1v) is 4.70. The first-order chi connectivity index (χ1) is 6.24. The van der Waals surface area contributed by atoms with Gasteiger partial charge in [0.1, 0.15) is 12.2 Å². The molecule has 78 valence electrons. The van der Waals surface area contributed by atoms with Gasteiger partial charge in [-0.1, -0.05) is 0 Å². The van der Waals surface area contributed by atoms with Crippen molar-refractivity contribution in [3.63, 3.8) is 0 Å². The second-order valence-electron chi connectivity index (χ2n) is 2.55. The average molecular weight is 246 g/mol. The highest BCUT2D eigenvalue weighted by atomic mass is 32.1. The number of thiol groups is 2. The van der Waals surface area contributed by atoms with E-state index in [0.717, 1.165) is 0 Å². The summed E-state index contributed by atoms with van der Waals surface area (Å²) in [5.74, 6) is 0. The highest BCUT2D eigenvalue weighted by Crippen LogP contribution is 2.25. The first-order valence-electron chi connectivity index (χ1n) is 3.50. The molecule has 5 nitrogen and oxygen atoms in total. The molecule has 13 heavy (non-hydrogen) atoms. The summed E-state index contributed by atoms with van der Waals surface area (Å²) in [5, 5.41) is 9.43. The number of rotatable bonds is 3. The minimum atomic E-state index is -0.769. The lowest BCUT2D eigenvalue weighted by Crippen LogP contribution is -2.53. The minimum absolute atomic E-state index is 0.109. The third-order valence-corrected chi connectivity index (χ3v) is 2.55. The Morgan fingerprint density at radius 1 is 1.31 bits per heavy atom. The molecule has 0 aromatic carbocycles. The summed E-state index contributed by atoms with van der Waals surface area (Å²) in [4.78, 5) is 0. The van der Waals surface area contributed by atoms with Gasteiger partial charge in [0.2, 0.25) is 0 Å². The van der Waals surface area contributed by atoms with Gasteiger partial charge in [-0.05, 0) is 25.8 Å². The molecule has 1 aliphatic heterocycles. The van der Waals surface area contributed by atoms with Gasteiger partial charge >= 0.3 is 0 Å². The number of hydrogen-bond donors (Lipinski definition) is 3. The largest absolute Gasteiger partial charge is 0.388 e. The SMILES string of the molecule is O[C@@H]1CO[C@@H](OS)C(OS)[C@@H]1OP. The lowest BCUT2D eigenvalue weighted by molar-refractivity contribution is -0.218. The zero-order valence-electron chi connectivity index (χ0n) is 6.57. The second-order valence-corrected chi connectivity index (χ2v) is 3.24. The zero-order valence-corrected chi connectivity index (χ0v) is 9.51. The topological polar surface area (TPSA) is 57.2 Å². The Hall–Kier alpha value is 0.930. The van der Waals surface area contributed by atoms with Crippen molar-refractivity contribution in [3.8, 4) is 0 Å². The predicted molar refractivity (Wildman–Crippen MR) is 54.3 cm³/mol. The Kier molecular flexibility index (Phi) is 5.28. The molecule has 0 aromatic rings. The Balaban J connectivity index is 2.64. The van der Waals surface area contributed by atoms with E-state index in [1.807, 2.05) is 0 Å². The normalized spacial score (nSPS) is 40.6. The van der Waals surface area contributed by atoms with E-state index < -0.39 is 24.6 Å². The summed E-state index contributed by atoms with van der Waals surface area (Å²) in [7, 11) is 2.05. The Labute approximate surface area is 89.6 Å². The summed E-state index contributed by atoms with van der Waals surface area (Å²) in [6.07, 6.45) is -2.65. The van der Waals surface area contributed by atoms with Gasteiger partial charge in [-0.3, -0.25) is 4.18 Å². The van der Waals surface area contributed by atoms with Gasteiger partial charge in [-0.15, -0.1) is 0 Å². The van der Waals surface area contributed by atoms with Crippen molar-refractivity contribution in [2.75, 3.05) is 6.61 Å². The van der Waals surface area contributed by atoms with Crippen LogP contribution >= 0.6 is 35.3 Å². The van der Waals surface area contributed by atoms with Crippen LogP contribution in [0, 0.1) is 0 Å². The lowest BCUT2D eigenvalue weighted by Gasteiger charge is -2.36. The van der Waals surface area contributed by atoms with E-state index >= 15 is 0 Å². The van der Waals surface area contributed by atoms with Crippen molar-refractivity contribution < 1.29 is 22.7 Å². The second kappa shape index (κ2) is 5.72. The monoisotopic (exact) mass is 246 g/mol. The highest BCUT2D eigenvalue weighted by molar-refractivity contribution is 7.75. The van der Waals surface area contributed by atoms with Gasteiger partial charge in [0.25, 0.3) is 0 Å². The fourth-order valence-corrected chi connectivity index (χ4v) is 1.86. The molecule has 1 saturated heterocycles. The molecule has 2 unspecified atom stereocenters. The van der Waals surface area contributed by atoms with E-state index in [9.17, 15) is 5.11 Å². The standard InChI is InChI=1S/C5H11O5PS2/c6-2-1-7-5(10-13)4(9-12)3(2)8-11/h2-6,12-13H,1,11H2/t2-,3-,4?,5+/m1/s1. The summed E-state index contributed by atoms with van der Waals surface area (Å²) >= 11 is 7.24. The van der Waals surface area contributed by atoms with E-state index in [2.05, 4.69) is 39.5 Å². The molecular weight excluding hydrogens is 235 g/mol. The molecule has 0 aliphatic carbocycles. The fraction of sp³-hybridized carbons (Fsp3) is 1.00. The molecule has 1 heterocycles. The molecule has 0 bridgehead atoms. The molecule has 0 saturated carbocycles. The van der Waals surface area contributed by atoms with Gasteiger partial charge < -0.3 is 18.6 Å². The van der Waals surface area contributed by atoms with Gasteiger partial charge in [0, 0.05) is 9.47 Å². The highest BCUT2D eigenvalue weighted by Gasteiger charge is 2.41. The summed E-state index contributed by atoms with van der Waals surface area (Å²) in [5.41, 5.74) is 0. The molecule has 0 aromatic heterocycles. The van der Waals surface area contributed by atoms with Crippen molar-refractivity contribution in [1.29, 1.82) is 0 Å². The molecule has 0 spiro atoms. The Bertz CT molecular complexity index is 162. The van der Waals surface area contributed by atoms with Crippen LogP contribution in [0.15, 0.2) is 0 Å². The molecule has 0 amide bonds. The van der Waals surface area contributed by atoms with Gasteiger partial charge in [0.05, 0.1) is 6.61 Å². The van der Waals surface area contributed by atoms with E-state index in [0.29, 0.717) is 0 Å². The molecule has 1 aliphatic rings. The summed E-state index contributed by atoms with van der Waals surface area (Å²) in [6.45, 7) is 0.109. The Morgan fingerprint density at radius 3 is 2.46 bits per heavy atom. The average Bonchev–Trinajstić information content (AvgIpc) is 2.17. The zero-order chi connectivity index (χ0) is 9.84. The van der Waals surface area contributed by atoms with Crippen molar-refractivity contribution in [2.24, 2.45) is 0 Å². The lowest BCUT2D eigenvalue weighted by atomic mass is 10.1. The van der Waals surface area contributed by atoms with Gasteiger partial charge in [0.15, 0.2) is 12.4 Å². The maximum atomic E-state index is 9.43. The summed E-state index contributed by atoms with van der Waals surface area (Å²) < 4.78 is 19.4. The Morgan fingerprint density at radius 2 is 2.00 bits per heavy atom. The number of aliphatic hydroxyl groups excluding tert-OH is 1. The third-order valence-electron chi connectivity index (χ3n) is 1.79. The fourth-order valence-electron chi connectivity index (χ4n) is 1.13.